The predicted octanol–water partition coefficient (Wildman–Crippen LogP) is 2.11. The van der Waals surface area contributed by atoms with E-state index in [0.29, 0.717) is 23.2 Å². The van der Waals surface area contributed by atoms with Gasteiger partial charge in [0.2, 0.25) is 0 Å². The zero-order valence-corrected chi connectivity index (χ0v) is 19.6. The van der Waals surface area contributed by atoms with Crippen molar-refractivity contribution < 1.29 is 18.0 Å². The second kappa shape index (κ2) is 9.26. The number of carbonyl (C=O) groups excluding carboxylic acids is 1. The maximum atomic E-state index is 13.4. The molecule has 0 aliphatic carbocycles. The van der Waals surface area contributed by atoms with E-state index >= 15 is 0 Å². The molecule has 4 rings (SSSR count). The Labute approximate surface area is 191 Å². The summed E-state index contributed by atoms with van der Waals surface area (Å²) in [5, 5.41) is 4.26. The standard InChI is InChI=1S/C22H26F3N5OSe/c1-26-21(31)27-11-3-5-14-13-19-16(6-4-12-30(19)20(14)32-22(23,24)25)28-17-9-7-15-8-10-18(17)29(15)2/h4,6,12-13,15,17-18,28H,7-11H2,1-2H3,(H2,26,27,31)/t15-,17-,18-/m1/s1. The Bertz CT molecular complexity index is 1060. The van der Waals surface area contributed by atoms with E-state index in [1.165, 1.54) is 13.5 Å². The normalized spacial score (nSPS) is 23.0. The Balaban J connectivity index is 1.65. The number of piperidine rings is 1. The topological polar surface area (TPSA) is 60.8 Å². The molecule has 2 aromatic rings. The van der Waals surface area contributed by atoms with Crippen molar-refractivity contribution in [1.29, 1.82) is 0 Å². The van der Waals surface area contributed by atoms with Crippen molar-refractivity contribution >= 4 is 36.8 Å². The van der Waals surface area contributed by atoms with Gasteiger partial charge in [0.05, 0.1) is 0 Å². The molecule has 6 nitrogen and oxygen atoms in total. The van der Waals surface area contributed by atoms with Crippen LogP contribution in [0.25, 0.3) is 5.52 Å². The summed E-state index contributed by atoms with van der Waals surface area (Å²) in [5.74, 6) is 5.60. The van der Waals surface area contributed by atoms with Crippen molar-refractivity contribution in [2.75, 3.05) is 26.0 Å². The van der Waals surface area contributed by atoms with E-state index in [9.17, 15) is 18.0 Å². The number of carbonyl (C=O) groups is 1. The average molecular weight is 512 g/mol. The number of hydrogen-bond donors (Lipinski definition) is 3. The third-order valence-electron chi connectivity index (χ3n) is 6.27. The molecule has 2 saturated heterocycles. The van der Waals surface area contributed by atoms with Crippen molar-refractivity contribution in [2.45, 2.75) is 48.9 Å². The molecular weight excluding hydrogens is 486 g/mol. The van der Waals surface area contributed by atoms with Gasteiger partial charge in [-0.2, -0.15) is 0 Å². The molecule has 0 aromatic carbocycles. The molecule has 0 radical (unpaired) electrons. The van der Waals surface area contributed by atoms with Crippen LogP contribution >= 0.6 is 0 Å². The molecule has 10 heteroatoms. The first-order valence-electron chi connectivity index (χ1n) is 10.6. The molecule has 3 atom stereocenters. The van der Waals surface area contributed by atoms with Crippen molar-refractivity contribution in [3.05, 3.63) is 30.0 Å². The van der Waals surface area contributed by atoms with Crippen LogP contribution in [0.15, 0.2) is 24.4 Å². The third-order valence-corrected chi connectivity index (χ3v) is 8.04. The summed E-state index contributed by atoms with van der Waals surface area (Å²) in [6.07, 6.45) is 6.19. The number of fused-ring (bicyclic) bond motifs is 3. The zero-order valence-electron chi connectivity index (χ0n) is 17.9. The Morgan fingerprint density at radius 1 is 1.28 bits per heavy atom. The van der Waals surface area contributed by atoms with E-state index < -0.39 is 20.0 Å². The Kier molecular flexibility index (Phi) is 6.61. The SMILES string of the molecule is CNC(=O)NCC#Cc1cc2c(N[C@@H]3CC[C@@H]4CC[C@H]3N4C)cccn2c1[Se]C(F)(F)F. The van der Waals surface area contributed by atoms with E-state index in [1.807, 2.05) is 6.07 Å². The van der Waals surface area contributed by atoms with Gasteiger partial charge in [0.25, 0.3) is 0 Å². The first-order valence-corrected chi connectivity index (χ1v) is 12.3. The summed E-state index contributed by atoms with van der Waals surface area (Å²) in [5.41, 5.74) is 1.86. The molecule has 2 bridgehead atoms. The van der Waals surface area contributed by atoms with Gasteiger partial charge >= 0.3 is 191 Å². The van der Waals surface area contributed by atoms with Gasteiger partial charge in [0.1, 0.15) is 0 Å². The number of urea groups is 1. The first-order chi connectivity index (χ1) is 15.3. The van der Waals surface area contributed by atoms with Crippen LogP contribution in [0.2, 0.25) is 0 Å². The van der Waals surface area contributed by atoms with Crippen LogP contribution in [0, 0.1) is 11.8 Å². The van der Waals surface area contributed by atoms with Crippen molar-refractivity contribution in [3.8, 4) is 11.8 Å². The number of hydrogen-bond acceptors (Lipinski definition) is 3. The molecule has 3 N–H and O–H groups in total. The van der Waals surface area contributed by atoms with Crippen molar-refractivity contribution in [1.82, 2.24) is 19.9 Å². The molecule has 172 valence electrons. The molecule has 2 aliphatic rings. The molecule has 4 heterocycles. The average Bonchev–Trinajstić information content (AvgIpc) is 3.19. The minimum absolute atomic E-state index is 0.0483. The van der Waals surface area contributed by atoms with Crippen LogP contribution in [-0.2, 0) is 0 Å². The van der Waals surface area contributed by atoms with Crippen LogP contribution in [0.5, 0.6) is 0 Å². The fourth-order valence-electron chi connectivity index (χ4n) is 4.76. The van der Waals surface area contributed by atoms with Gasteiger partial charge in [-0.3, -0.25) is 0 Å². The Morgan fingerprint density at radius 2 is 2.06 bits per heavy atom. The summed E-state index contributed by atoms with van der Waals surface area (Å²) in [6, 6.07) is 6.39. The number of alkyl halides is 3. The number of halogens is 3. The number of amides is 2. The number of aromatic nitrogens is 1. The summed E-state index contributed by atoms with van der Waals surface area (Å²) >= 11 is -1.75. The van der Waals surface area contributed by atoms with E-state index in [-0.39, 0.29) is 23.2 Å². The van der Waals surface area contributed by atoms with Gasteiger partial charge in [-0.15, -0.1) is 0 Å². The van der Waals surface area contributed by atoms with Gasteiger partial charge < -0.3 is 0 Å². The Morgan fingerprint density at radius 3 is 2.81 bits per heavy atom. The molecule has 0 saturated carbocycles. The number of likely N-dealkylation sites (N-methyl/N-ethyl adjacent to an activating group) is 1. The second-order valence-electron chi connectivity index (χ2n) is 8.11. The number of anilines is 1. The number of nitrogens with one attached hydrogen (secondary N) is 3. The summed E-state index contributed by atoms with van der Waals surface area (Å²) in [7, 11) is 3.65. The maximum absolute atomic E-state index is 13.4. The van der Waals surface area contributed by atoms with E-state index in [4.69, 9.17) is 0 Å². The second-order valence-corrected chi connectivity index (χ2v) is 10.3. The number of rotatable bonds is 4. The predicted molar refractivity (Wildman–Crippen MR) is 119 cm³/mol. The van der Waals surface area contributed by atoms with Gasteiger partial charge in [0.15, 0.2) is 0 Å². The molecule has 0 unspecified atom stereocenters. The molecule has 0 spiro atoms. The molecule has 2 aromatic heterocycles. The monoisotopic (exact) mass is 513 g/mol. The summed E-state index contributed by atoms with van der Waals surface area (Å²) in [6.45, 7) is 0.0483. The molecule has 32 heavy (non-hydrogen) atoms. The first kappa shape index (κ1) is 22.8. The molecule has 2 fully saturated rings. The minimum atomic E-state index is -4.30. The van der Waals surface area contributed by atoms with E-state index in [2.05, 4.69) is 39.7 Å². The van der Waals surface area contributed by atoms with Gasteiger partial charge in [-0.05, 0) is 0 Å². The summed E-state index contributed by atoms with van der Waals surface area (Å²) < 4.78 is 41.9. The van der Waals surface area contributed by atoms with Crippen LogP contribution < -0.4 is 20.5 Å². The Hall–Kier alpha value is -2.34. The zero-order chi connectivity index (χ0) is 22.9. The van der Waals surface area contributed by atoms with Crippen molar-refractivity contribution in [3.63, 3.8) is 0 Å². The molecule has 2 aliphatic heterocycles. The van der Waals surface area contributed by atoms with Gasteiger partial charge in [0, 0.05) is 0 Å². The van der Waals surface area contributed by atoms with Crippen LogP contribution in [0.1, 0.15) is 31.2 Å². The van der Waals surface area contributed by atoms with Gasteiger partial charge in [-0.1, -0.05) is 0 Å². The fourth-order valence-corrected chi connectivity index (χ4v) is 6.22. The van der Waals surface area contributed by atoms with E-state index in [0.717, 1.165) is 24.9 Å². The third kappa shape index (κ3) is 4.85. The quantitative estimate of drug-likeness (QED) is 0.435. The van der Waals surface area contributed by atoms with Crippen LogP contribution in [0.4, 0.5) is 23.7 Å². The van der Waals surface area contributed by atoms with Crippen LogP contribution in [-0.4, -0.2) is 74.1 Å². The fraction of sp³-hybridized carbons (Fsp3) is 0.500. The number of nitrogens with zero attached hydrogens (tertiary/aromatic N) is 2. The van der Waals surface area contributed by atoms with Crippen LogP contribution in [0.3, 0.4) is 0 Å². The summed E-state index contributed by atoms with van der Waals surface area (Å²) in [4.78, 5) is 13.7. The number of pyridine rings is 1. The van der Waals surface area contributed by atoms with Crippen molar-refractivity contribution in [2.24, 2.45) is 0 Å². The van der Waals surface area contributed by atoms with Gasteiger partial charge in [-0.25, -0.2) is 0 Å². The van der Waals surface area contributed by atoms with E-state index in [1.54, 1.807) is 22.7 Å². The molecular formula is C22H26F3N5OSe. The molecule has 2 amide bonds.